The molecule has 3 aromatic rings. The highest BCUT2D eigenvalue weighted by molar-refractivity contribution is 14.1. The van der Waals surface area contributed by atoms with Gasteiger partial charge in [-0.25, -0.2) is 0 Å². The molecule has 0 bridgehead atoms. The van der Waals surface area contributed by atoms with E-state index in [1.807, 2.05) is 0 Å². The van der Waals surface area contributed by atoms with Gasteiger partial charge in [0.2, 0.25) is 0 Å². The van der Waals surface area contributed by atoms with Gasteiger partial charge in [-0.2, -0.15) is 0 Å². The van der Waals surface area contributed by atoms with Gasteiger partial charge in [0.1, 0.15) is 0 Å². The molecule has 0 aliphatic heterocycles. The molecule has 3 aromatic carbocycles. The molecule has 0 heterocycles. The lowest BCUT2D eigenvalue weighted by Gasteiger charge is -2.42. The molecule has 0 saturated heterocycles. The lowest BCUT2D eigenvalue weighted by atomic mass is 9.60. The van der Waals surface area contributed by atoms with Crippen LogP contribution in [-0.4, -0.2) is 6.04 Å². The molecule has 158 valence electrons. The average molecular weight is 632 g/mol. The number of hydrogen-bond acceptors (Lipinski definition) is 2. The molecule has 0 spiro atoms. The molecule has 2 unspecified atom stereocenters. The zero-order chi connectivity index (χ0) is 21.9. The van der Waals surface area contributed by atoms with Crippen LogP contribution in [0.3, 0.4) is 0 Å². The van der Waals surface area contributed by atoms with Crippen molar-refractivity contribution in [2.45, 2.75) is 38.1 Å². The molecule has 4 heteroatoms. The Labute approximate surface area is 211 Å². The van der Waals surface area contributed by atoms with Crippen LogP contribution < -0.4 is 11.5 Å². The first-order valence-corrected chi connectivity index (χ1v) is 12.9. The highest BCUT2D eigenvalue weighted by atomic mass is 127. The topological polar surface area (TPSA) is 52.0 Å². The Balaban J connectivity index is 1.92. The van der Waals surface area contributed by atoms with Crippen molar-refractivity contribution < 1.29 is 0 Å². The average Bonchev–Trinajstić information content (AvgIpc) is 3.01. The maximum Gasteiger partial charge on any atom is 0.0526 e. The minimum Gasteiger partial charge on any atom is -0.399 e. The van der Waals surface area contributed by atoms with E-state index < -0.39 is 0 Å². The van der Waals surface area contributed by atoms with Crippen molar-refractivity contribution in [3.8, 4) is 11.1 Å². The van der Waals surface area contributed by atoms with Crippen molar-refractivity contribution >= 4 is 50.9 Å². The molecule has 2 aliphatic rings. The van der Waals surface area contributed by atoms with Gasteiger partial charge >= 0.3 is 0 Å². The summed E-state index contributed by atoms with van der Waals surface area (Å²) < 4.78 is 2.53. The van der Waals surface area contributed by atoms with E-state index in [0.717, 1.165) is 24.1 Å². The number of fused-ring (bicyclic) bond motifs is 3. The Hall–Kier alpha value is -1.38. The summed E-state index contributed by atoms with van der Waals surface area (Å²) in [7, 11) is 0. The van der Waals surface area contributed by atoms with Crippen LogP contribution in [0.1, 0.15) is 42.0 Å². The Bertz CT molecular complexity index is 1180. The van der Waals surface area contributed by atoms with Crippen LogP contribution in [0, 0.1) is 20.0 Å². The van der Waals surface area contributed by atoms with Crippen LogP contribution in [0.4, 0.5) is 5.69 Å². The quantitative estimate of drug-likeness (QED) is 0.186. The number of rotatable bonds is 2. The Morgan fingerprint density at radius 2 is 1.45 bits per heavy atom. The molecule has 2 atom stereocenters. The number of aryl methyl sites for hydroxylation is 1. The molecular weight excluding hydrogens is 606 g/mol. The van der Waals surface area contributed by atoms with E-state index in [-0.39, 0.29) is 11.5 Å². The monoisotopic (exact) mass is 632 g/mol. The molecule has 2 nitrogen and oxygen atoms in total. The van der Waals surface area contributed by atoms with Crippen molar-refractivity contribution in [1.82, 2.24) is 0 Å². The van der Waals surface area contributed by atoms with Crippen LogP contribution in [0.5, 0.6) is 0 Å². The van der Waals surface area contributed by atoms with E-state index in [2.05, 4.69) is 120 Å². The summed E-state index contributed by atoms with van der Waals surface area (Å²) in [6, 6.07) is 20.7. The second-order valence-corrected chi connectivity index (χ2v) is 11.5. The summed E-state index contributed by atoms with van der Waals surface area (Å²) in [6.07, 6.45) is 4.54. The molecule has 0 radical (unpaired) electrons. The number of allylic oxidation sites excluding steroid dienone is 1. The van der Waals surface area contributed by atoms with E-state index in [4.69, 9.17) is 11.5 Å². The summed E-state index contributed by atoms with van der Waals surface area (Å²) in [5, 5.41) is 0. The highest BCUT2D eigenvalue weighted by Crippen LogP contribution is 2.59. The van der Waals surface area contributed by atoms with Gasteiger partial charge in [0.15, 0.2) is 0 Å². The minimum atomic E-state index is -0.243. The SMILES string of the molecule is CC1=CC(C2(c3ccc(N)c(C)c3)c3cc(I)ccc3-c3ccc(I)cc32)CCC1N. The Kier molecular flexibility index (Phi) is 5.46. The molecule has 2 aliphatic carbocycles. The van der Waals surface area contributed by atoms with E-state index in [1.165, 1.54) is 40.5 Å². The maximum absolute atomic E-state index is 6.42. The van der Waals surface area contributed by atoms with E-state index >= 15 is 0 Å². The summed E-state index contributed by atoms with van der Waals surface area (Å²) in [5.41, 5.74) is 22.6. The second-order valence-electron chi connectivity index (χ2n) is 8.96. The van der Waals surface area contributed by atoms with Crippen LogP contribution in [-0.2, 0) is 5.41 Å². The normalized spacial score (nSPS) is 21.4. The maximum atomic E-state index is 6.42. The zero-order valence-electron chi connectivity index (χ0n) is 17.8. The first-order chi connectivity index (χ1) is 14.8. The molecule has 4 N–H and O–H groups in total. The van der Waals surface area contributed by atoms with E-state index in [9.17, 15) is 0 Å². The predicted molar refractivity (Wildman–Crippen MR) is 147 cm³/mol. The highest BCUT2D eigenvalue weighted by Gasteiger charge is 2.50. The largest absolute Gasteiger partial charge is 0.399 e. The molecule has 0 fully saturated rings. The second kappa shape index (κ2) is 7.89. The standard InChI is InChI=1S/C27H26I2N2/c1-15-11-17(3-9-25(15)30)27(18-4-10-26(31)16(2)12-18)23-13-19(28)5-7-21(23)22-8-6-20(29)14-24(22)27/h3,5-9,11-14,18,26H,4,10,30-31H2,1-2H3. The summed E-state index contributed by atoms with van der Waals surface area (Å²) in [5.74, 6) is 0.340. The van der Waals surface area contributed by atoms with Crippen molar-refractivity contribution in [2.75, 3.05) is 5.73 Å². The number of anilines is 1. The van der Waals surface area contributed by atoms with Gasteiger partial charge in [0.25, 0.3) is 0 Å². The molecule has 0 amide bonds. The van der Waals surface area contributed by atoms with Gasteiger partial charge in [-0.3, -0.25) is 0 Å². The van der Waals surface area contributed by atoms with Crippen molar-refractivity contribution in [3.05, 3.63) is 95.6 Å². The number of nitrogens with two attached hydrogens (primary N) is 2. The van der Waals surface area contributed by atoms with Gasteiger partial charge < -0.3 is 11.5 Å². The first kappa shape index (κ1) is 21.5. The Morgan fingerprint density at radius 3 is 2.00 bits per heavy atom. The summed E-state index contributed by atoms with van der Waals surface area (Å²) in [4.78, 5) is 0. The third-order valence-corrected chi connectivity index (χ3v) is 8.56. The van der Waals surface area contributed by atoms with Crippen molar-refractivity contribution in [2.24, 2.45) is 11.7 Å². The van der Waals surface area contributed by atoms with Gasteiger partial charge in [-0.05, 0) is 142 Å². The molecule has 31 heavy (non-hydrogen) atoms. The minimum absolute atomic E-state index is 0.161. The van der Waals surface area contributed by atoms with Crippen molar-refractivity contribution in [1.29, 1.82) is 0 Å². The fraction of sp³-hybridized carbons (Fsp3) is 0.259. The van der Waals surface area contributed by atoms with Crippen LogP contribution in [0.25, 0.3) is 11.1 Å². The Morgan fingerprint density at radius 1 is 0.839 bits per heavy atom. The summed E-state index contributed by atoms with van der Waals surface area (Å²) in [6.45, 7) is 4.31. The van der Waals surface area contributed by atoms with E-state index in [1.54, 1.807) is 0 Å². The van der Waals surface area contributed by atoms with Gasteiger partial charge in [0, 0.05) is 18.9 Å². The third kappa shape index (κ3) is 3.28. The summed E-state index contributed by atoms with van der Waals surface area (Å²) >= 11 is 4.90. The first-order valence-electron chi connectivity index (χ1n) is 10.7. The van der Waals surface area contributed by atoms with E-state index in [0.29, 0.717) is 5.92 Å². The zero-order valence-corrected chi connectivity index (χ0v) is 22.1. The number of hydrogen-bond donors (Lipinski definition) is 2. The lowest BCUT2D eigenvalue weighted by Crippen LogP contribution is -2.39. The molecule has 0 aromatic heterocycles. The van der Waals surface area contributed by atoms with Crippen molar-refractivity contribution in [3.63, 3.8) is 0 Å². The third-order valence-electron chi connectivity index (χ3n) is 7.22. The van der Waals surface area contributed by atoms with Crippen LogP contribution >= 0.6 is 45.2 Å². The fourth-order valence-corrected chi connectivity index (χ4v) is 6.58. The number of nitrogen functional groups attached to an aromatic ring is 1. The predicted octanol–water partition coefficient (Wildman–Crippen LogP) is 6.78. The lowest BCUT2D eigenvalue weighted by molar-refractivity contribution is 0.384. The van der Waals surface area contributed by atoms with Crippen LogP contribution in [0.2, 0.25) is 0 Å². The molecular formula is C27H26I2N2. The smallest absolute Gasteiger partial charge is 0.0526 e. The van der Waals surface area contributed by atoms with Crippen LogP contribution in [0.15, 0.2) is 66.2 Å². The number of benzene rings is 3. The van der Waals surface area contributed by atoms with Gasteiger partial charge in [-0.1, -0.05) is 35.9 Å². The number of halogens is 2. The van der Waals surface area contributed by atoms with Gasteiger partial charge in [0.05, 0.1) is 5.41 Å². The van der Waals surface area contributed by atoms with Gasteiger partial charge in [-0.15, -0.1) is 0 Å². The molecule has 5 rings (SSSR count). The molecule has 0 saturated carbocycles. The fourth-order valence-electron chi connectivity index (χ4n) is 5.60.